The van der Waals surface area contributed by atoms with Crippen molar-refractivity contribution in [1.82, 2.24) is 5.32 Å². The molecular weight excluding hydrogens is 236 g/mol. The van der Waals surface area contributed by atoms with Crippen molar-refractivity contribution in [2.45, 2.75) is 25.5 Å². The van der Waals surface area contributed by atoms with E-state index < -0.39 is 10.0 Å². The molecule has 0 aromatic heterocycles. The molecule has 2 N–H and O–H groups in total. The van der Waals surface area contributed by atoms with E-state index in [4.69, 9.17) is 0 Å². The minimum absolute atomic E-state index is 0.316. The summed E-state index contributed by atoms with van der Waals surface area (Å²) in [6.07, 6.45) is 0.681. The van der Waals surface area contributed by atoms with E-state index in [-0.39, 0.29) is 5.25 Å². The maximum Gasteiger partial charge on any atom is 0.236 e. The molecule has 1 unspecified atom stereocenters. The quantitative estimate of drug-likeness (QED) is 0.857. The summed E-state index contributed by atoms with van der Waals surface area (Å²) in [5.41, 5.74) is 2.91. The predicted octanol–water partition coefficient (Wildman–Crippen LogP) is 1.41. The molecule has 1 atom stereocenters. The fourth-order valence-electron chi connectivity index (χ4n) is 1.95. The highest BCUT2D eigenvalue weighted by Gasteiger charge is 2.28. The Morgan fingerprint density at radius 3 is 2.65 bits per heavy atom. The molecule has 0 aliphatic carbocycles. The number of anilines is 1. The smallest absolute Gasteiger partial charge is 0.236 e. The van der Waals surface area contributed by atoms with Crippen molar-refractivity contribution in [3.8, 4) is 0 Å². The van der Waals surface area contributed by atoms with Crippen molar-refractivity contribution in [2.75, 3.05) is 17.8 Å². The van der Waals surface area contributed by atoms with Crippen LogP contribution in [0.2, 0.25) is 0 Å². The van der Waals surface area contributed by atoms with Crippen LogP contribution in [0.25, 0.3) is 0 Å². The monoisotopic (exact) mass is 254 g/mol. The van der Waals surface area contributed by atoms with Crippen molar-refractivity contribution < 1.29 is 8.42 Å². The first-order valence-electron chi connectivity index (χ1n) is 5.78. The fraction of sp³-hybridized carbons (Fsp3) is 0.500. The molecule has 0 saturated carbocycles. The number of nitrogens with one attached hydrogen (secondary N) is 2. The van der Waals surface area contributed by atoms with Crippen LogP contribution in [0.1, 0.15) is 17.5 Å². The van der Waals surface area contributed by atoms with Crippen LogP contribution < -0.4 is 10.0 Å². The molecule has 1 saturated heterocycles. The molecule has 1 aromatic carbocycles. The van der Waals surface area contributed by atoms with Crippen molar-refractivity contribution in [3.63, 3.8) is 0 Å². The second-order valence-electron chi connectivity index (χ2n) is 4.56. The lowest BCUT2D eigenvalue weighted by atomic mass is 10.1. The molecule has 1 heterocycles. The number of rotatable bonds is 3. The van der Waals surface area contributed by atoms with Gasteiger partial charge in [0.05, 0.1) is 5.25 Å². The van der Waals surface area contributed by atoms with E-state index in [0.29, 0.717) is 18.7 Å². The average Bonchev–Trinajstić information content (AvgIpc) is 2.77. The molecule has 0 amide bonds. The van der Waals surface area contributed by atoms with Crippen LogP contribution in [0.15, 0.2) is 18.2 Å². The van der Waals surface area contributed by atoms with E-state index in [1.165, 1.54) is 0 Å². The van der Waals surface area contributed by atoms with E-state index in [2.05, 4.69) is 10.0 Å². The van der Waals surface area contributed by atoms with Crippen LogP contribution in [0.3, 0.4) is 0 Å². The number of hydrogen-bond acceptors (Lipinski definition) is 3. The number of hydrogen-bond donors (Lipinski definition) is 2. The number of sulfonamides is 1. The first kappa shape index (κ1) is 12.4. The summed E-state index contributed by atoms with van der Waals surface area (Å²) in [5.74, 6) is 0. The molecule has 4 nitrogen and oxygen atoms in total. The van der Waals surface area contributed by atoms with Gasteiger partial charge in [-0.2, -0.15) is 0 Å². The SMILES string of the molecule is Cc1ccc(NS(=O)(=O)C2CCNC2)cc1C. The Morgan fingerprint density at radius 2 is 2.06 bits per heavy atom. The second kappa shape index (κ2) is 4.66. The lowest BCUT2D eigenvalue weighted by molar-refractivity contribution is 0.588. The Morgan fingerprint density at radius 1 is 1.29 bits per heavy atom. The molecule has 5 heteroatoms. The zero-order chi connectivity index (χ0) is 12.5. The third-order valence-corrected chi connectivity index (χ3v) is 5.02. The molecule has 1 fully saturated rings. The van der Waals surface area contributed by atoms with Gasteiger partial charge in [-0.25, -0.2) is 8.42 Å². The van der Waals surface area contributed by atoms with Gasteiger partial charge < -0.3 is 5.32 Å². The minimum atomic E-state index is -3.26. The third-order valence-electron chi connectivity index (χ3n) is 3.22. The standard InChI is InChI=1S/C12H18N2O2S/c1-9-3-4-11(7-10(9)2)14-17(15,16)12-5-6-13-8-12/h3-4,7,12-14H,5-6,8H2,1-2H3. The van der Waals surface area contributed by atoms with E-state index in [1.54, 1.807) is 0 Å². The van der Waals surface area contributed by atoms with Crippen molar-refractivity contribution >= 4 is 15.7 Å². The largest absolute Gasteiger partial charge is 0.315 e. The van der Waals surface area contributed by atoms with Gasteiger partial charge in [-0.15, -0.1) is 0 Å². The maximum absolute atomic E-state index is 12.0. The zero-order valence-corrected chi connectivity index (χ0v) is 11.0. The van der Waals surface area contributed by atoms with Crippen molar-refractivity contribution in [2.24, 2.45) is 0 Å². The zero-order valence-electron chi connectivity index (χ0n) is 10.2. The molecule has 94 valence electrons. The molecule has 1 aliphatic heterocycles. The van der Waals surface area contributed by atoms with E-state index in [9.17, 15) is 8.42 Å². The average molecular weight is 254 g/mol. The highest BCUT2D eigenvalue weighted by molar-refractivity contribution is 7.93. The Hall–Kier alpha value is -1.07. The summed E-state index contributed by atoms with van der Waals surface area (Å²) < 4.78 is 26.8. The highest BCUT2D eigenvalue weighted by atomic mass is 32.2. The molecule has 1 aromatic rings. The molecule has 0 radical (unpaired) electrons. The molecular formula is C12H18N2O2S. The Balaban J connectivity index is 2.17. The van der Waals surface area contributed by atoms with Crippen LogP contribution in [0.4, 0.5) is 5.69 Å². The Kier molecular flexibility index (Phi) is 3.40. The summed E-state index contributed by atoms with van der Waals surface area (Å²) in [4.78, 5) is 0. The van der Waals surface area contributed by atoms with Gasteiger partial charge >= 0.3 is 0 Å². The normalized spacial score (nSPS) is 20.5. The summed E-state index contributed by atoms with van der Waals surface area (Å²) in [7, 11) is -3.26. The van der Waals surface area contributed by atoms with Gasteiger partial charge in [0.2, 0.25) is 10.0 Å². The maximum atomic E-state index is 12.0. The summed E-state index contributed by atoms with van der Waals surface area (Å²) in [6, 6.07) is 5.61. The second-order valence-corrected chi connectivity index (χ2v) is 6.52. The topological polar surface area (TPSA) is 58.2 Å². The van der Waals surface area contributed by atoms with Crippen LogP contribution in [0.5, 0.6) is 0 Å². The van der Waals surface area contributed by atoms with E-state index >= 15 is 0 Å². The molecule has 0 bridgehead atoms. The molecule has 2 rings (SSSR count). The lowest BCUT2D eigenvalue weighted by Crippen LogP contribution is -2.29. The van der Waals surface area contributed by atoms with Crippen LogP contribution in [-0.4, -0.2) is 26.8 Å². The first-order valence-corrected chi connectivity index (χ1v) is 7.33. The van der Waals surface area contributed by atoms with Crippen LogP contribution in [0, 0.1) is 13.8 Å². The van der Waals surface area contributed by atoms with Gasteiger partial charge in [-0.1, -0.05) is 6.07 Å². The first-order chi connectivity index (χ1) is 7.99. The molecule has 17 heavy (non-hydrogen) atoms. The van der Waals surface area contributed by atoms with Crippen LogP contribution in [-0.2, 0) is 10.0 Å². The fourth-order valence-corrected chi connectivity index (χ4v) is 3.33. The van der Waals surface area contributed by atoms with Crippen molar-refractivity contribution in [3.05, 3.63) is 29.3 Å². The Bertz CT molecular complexity index is 505. The summed E-state index contributed by atoms with van der Waals surface area (Å²) in [5, 5.41) is 2.75. The lowest BCUT2D eigenvalue weighted by Gasteiger charge is -2.13. The van der Waals surface area contributed by atoms with Crippen LogP contribution >= 0.6 is 0 Å². The number of aryl methyl sites for hydroxylation is 2. The van der Waals surface area contributed by atoms with Gasteiger partial charge in [0.15, 0.2) is 0 Å². The Labute approximate surface area is 102 Å². The minimum Gasteiger partial charge on any atom is -0.315 e. The number of benzene rings is 1. The molecule has 0 spiro atoms. The van der Waals surface area contributed by atoms with Gasteiger partial charge in [0.25, 0.3) is 0 Å². The van der Waals surface area contributed by atoms with Crippen molar-refractivity contribution in [1.29, 1.82) is 0 Å². The predicted molar refractivity (Wildman–Crippen MR) is 69.7 cm³/mol. The van der Waals surface area contributed by atoms with E-state index in [0.717, 1.165) is 17.7 Å². The van der Waals surface area contributed by atoms with Gasteiger partial charge in [0.1, 0.15) is 0 Å². The van der Waals surface area contributed by atoms with Gasteiger partial charge in [-0.3, -0.25) is 4.72 Å². The van der Waals surface area contributed by atoms with E-state index in [1.807, 2.05) is 32.0 Å². The van der Waals surface area contributed by atoms with Gasteiger partial charge in [-0.05, 0) is 50.1 Å². The third kappa shape index (κ3) is 2.79. The molecule has 1 aliphatic rings. The summed E-state index contributed by atoms with van der Waals surface area (Å²) >= 11 is 0. The van der Waals surface area contributed by atoms with Gasteiger partial charge in [0, 0.05) is 12.2 Å². The summed E-state index contributed by atoms with van der Waals surface area (Å²) in [6.45, 7) is 5.30. The highest BCUT2D eigenvalue weighted by Crippen LogP contribution is 2.18.